The summed E-state index contributed by atoms with van der Waals surface area (Å²) in [6.07, 6.45) is 3.01. The number of ketones is 2. The number of para-hydroxylation sites is 1. The van der Waals surface area contributed by atoms with Gasteiger partial charge in [-0.15, -0.1) is 0 Å². The molecule has 30 heavy (non-hydrogen) atoms. The van der Waals surface area contributed by atoms with Gasteiger partial charge in [0, 0.05) is 29.4 Å². The van der Waals surface area contributed by atoms with E-state index in [1.165, 1.54) is 19.1 Å². The predicted molar refractivity (Wildman–Crippen MR) is 116 cm³/mol. The van der Waals surface area contributed by atoms with E-state index in [1.54, 1.807) is 19.2 Å². The van der Waals surface area contributed by atoms with Crippen molar-refractivity contribution >= 4 is 28.4 Å². The summed E-state index contributed by atoms with van der Waals surface area (Å²) in [5, 5.41) is 13.1. The van der Waals surface area contributed by atoms with Crippen molar-refractivity contribution in [1.29, 1.82) is 0 Å². The number of hydrogen-bond acceptors (Lipinski definition) is 4. The fourth-order valence-corrected chi connectivity index (χ4v) is 3.71. The molecule has 0 amide bonds. The largest absolute Gasteiger partial charge is 0.478 e. The van der Waals surface area contributed by atoms with Crippen LogP contribution in [0.2, 0.25) is 0 Å². The lowest BCUT2D eigenvalue weighted by Crippen LogP contribution is -2.38. The molecule has 2 atom stereocenters. The van der Waals surface area contributed by atoms with Gasteiger partial charge in [0.1, 0.15) is 5.78 Å². The molecule has 1 heterocycles. The van der Waals surface area contributed by atoms with E-state index in [9.17, 15) is 14.4 Å². The van der Waals surface area contributed by atoms with Crippen molar-refractivity contribution < 1.29 is 19.5 Å². The number of aromatic amines is 1. The van der Waals surface area contributed by atoms with Crippen LogP contribution in [0.25, 0.3) is 10.9 Å². The highest BCUT2D eigenvalue weighted by molar-refractivity contribution is 5.91. The Hall–Kier alpha value is -3.25. The van der Waals surface area contributed by atoms with Gasteiger partial charge in [-0.1, -0.05) is 30.3 Å². The van der Waals surface area contributed by atoms with E-state index in [1.807, 2.05) is 30.5 Å². The molecule has 3 rings (SSSR count). The van der Waals surface area contributed by atoms with E-state index >= 15 is 0 Å². The van der Waals surface area contributed by atoms with Crippen LogP contribution < -0.4 is 5.32 Å². The fraction of sp³-hybridized carbons (Fsp3) is 0.292. The van der Waals surface area contributed by atoms with Crippen LogP contribution in [0.1, 0.15) is 34.8 Å². The molecule has 0 unspecified atom stereocenters. The van der Waals surface area contributed by atoms with E-state index in [0.29, 0.717) is 12.8 Å². The van der Waals surface area contributed by atoms with E-state index in [2.05, 4.69) is 10.3 Å². The fourth-order valence-electron chi connectivity index (χ4n) is 3.71. The quantitative estimate of drug-likeness (QED) is 0.479. The number of benzene rings is 2. The van der Waals surface area contributed by atoms with Crippen LogP contribution in [0.3, 0.4) is 0 Å². The molecule has 2 aromatic carbocycles. The second-order valence-corrected chi connectivity index (χ2v) is 7.59. The summed E-state index contributed by atoms with van der Waals surface area (Å²) in [4.78, 5) is 39.4. The highest BCUT2D eigenvalue weighted by atomic mass is 16.4. The molecule has 0 aliphatic heterocycles. The van der Waals surface area contributed by atoms with Gasteiger partial charge in [0.05, 0.1) is 11.6 Å². The summed E-state index contributed by atoms with van der Waals surface area (Å²) in [5.74, 6) is -1.40. The van der Waals surface area contributed by atoms with Gasteiger partial charge in [-0.25, -0.2) is 4.79 Å². The first kappa shape index (κ1) is 21.5. The zero-order chi connectivity index (χ0) is 21.7. The molecule has 0 fully saturated rings. The summed E-state index contributed by atoms with van der Waals surface area (Å²) in [6, 6.07) is 14.0. The number of carbonyl (C=O) groups excluding carboxylic acids is 2. The molecule has 0 saturated heterocycles. The average molecular weight is 406 g/mol. The van der Waals surface area contributed by atoms with Gasteiger partial charge in [0.25, 0.3) is 0 Å². The van der Waals surface area contributed by atoms with Crippen molar-refractivity contribution in [3.8, 4) is 0 Å². The first-order valence-electron chi connectivity index (χ1n) is 9.96. The van der Waals surface area contributed by atoms with Crippen LogP contribution in [0.15, 0.2) is 54.7 Å². The molecule has 3 N–H and O–H groups in total. The monoisotopic (exact) mass is 406 g/mol. The van der Waals surface area contributed by atoms with Crippen LogP contribution in [-0.4, -0.2) is 40.7 Å². The normalized spacial score (nSPS) is 13.1. The Balaban J connectivity index is 1.69. The van der Waals surface area contributed by atoms with Crippen LogP contribution in [0.5, 0.6) is 0 Å². The first-order chi connectivity index (χ1) is 14.4. The molecule has 6 heteroatoms. The zero-order valence-corrected chi connectivity index (χ0v) is 17.1. The molecular formula is C24H26N2O4. The third-order valence-corrected chi connectivity index (χ3v) is 5.54. The summed E-state index contributed by atoms with van der Waals surface area (Å²) >= 11 is 0. The second-order valence-electron chi connectivity index (χ2n) is 7.59. The second kappa shape index (κ2) is 9.50. The highest BCUT2D eigenvalue weighted by Gasteiger charge is 2.25. The topological polar surface area (TPSA) is 99.3 Å². The Labute approximate surface area is 175 Å². The lowest BCUT2D eigenvalue weighted by Gasteiger charge is -2.19. The third kappa shape index (κ3) is 5.02. The summed E-state index contributed by atoms with van der Waals surface area (Å²) in [6.45, 7) is 1.53. The molecule has 0 radical (unpaired) electrons. The van der Waals surface area contributed by atoms with Gasteiger partial charge in [-0.05, 0) is 56.1 Å². The van der Waals surface area contributed by atoms with Crippen molar-refractivity contribution in [3.05, 3.63) is 71.4 Å². The maximum Gasteiger partial charge on any atom is 0.335 e. The Morgan fingerprint density at radius 2 is 1.73 bits per heavy atom. The summed E-state index contributed by atoms with van der Waals surface area (Å²) < 4.78 is 0. The minimum atomic E-state index is -0.982. The molecule has 156 valence electrons. The molecule has 0 spiro atoms. The Morgan fingerprint density at radius 3 is 2.37 bits per heavy atom. The zero-order valence-electron chi connectivity index (χ0n) is 17.1. The Bertz CT molecular complexity index is 1050. The lowest BCUT2D eigenvalue weighted by molar-refractivity contribution is -0.127. The number of hydrogen-bond donors (Lipinski definition) is 3. The highest BCUT2D eigenvalue weighted by Crippen LogP contribution is 2.23. The number of aromatic nitrogens is 1. The number of H-pyrrole nitrogens is 1. The van der Waals surface area contributed by atoms with Crippen LogP contribution in [0, 0.1) is 5.92 Å². The number of nitrogens with one attached hydrogen (secondary N) is 2. The predicted octanol–water partition coefficient (Wildman–Crippen LogP) is 3.40. The van der Waals surface area contributed by atoms with Crippen molar-refractivity contribution in [3.63, 3.8) is 0 Å². The Morgan fingerprint density at radius 1 is 1.03 bits per heavy atom. The molecular weight excluding hydrogens is 380 g/mol. The van der Waals surface area contributed by atoms with Crippen molar-refractivity contribution in [1.82, 2.24) is 10.3 Å². The number of likely N-dealkylation sites (N-methyl/N-ethyl adjacent to an activating group) is 1. The number of carboxylic acid groups (broad SMARTS) is 1. The van der Waals surface area contributed by atoms with Gasteiger partial charge in [0.15, 0.2) is 5.78 Å². The van der Waals surface area contributed by atoms with Crippen LogP contribution in [0.4, 0.5) is 0 Å². The molecule has 0 bridgehead atoms. The van der Waals surface area contributed by atoms with E-state index < -0.39 is 12.0 Å². The standard InChI is InChI=1S/C24H26N2O4/c1-15(27)18(12-19-14-26-21-6-4-3-5-20(19)21)13-23(28)22(25-2)11-16-7-9-17(10-8-16)24(29)30/h3-10,14,18,22,25-26H,11-13H2,1-2H3,(H,29,30)/t18-,22+/m1/s1. The number of rotatable bonds is 10. The lowest BCUT2D eigenvalue weighted by atomic mass is 9.88. The number of fused-ring (bicyclic) bond motifs is 1. The molecule has 3 aromatic rings. The molecule has 0 saturated carbocycles. The number of carbonyl (C=O) groups is 3. The summed E-state index contributed by atoms with van der Waals surface area (Å²) in [5.41, 5.74) is 3.12. The van der Waals surface area contributed by atoms with E-state index in [4.69, 9.17) is 5.11 Å². The number of aromatic carboxylic acids is 1. The Kier molecular flexibility index (Phi) is 6.79. The molecule has 0 aliphatic carbocycles. The van der Waals surface area contributed by atoms with Crippen LogP contribution in [-0.2, 0) is 22.4 Å². The van der Waals surface area contributed by atoms with Gasteiger partial charge in [-0.2, -0.15) is 0 Å². The molecule has 6 nitrogen and oxygen atoms in total. The average Bonchev–Trinajstić information content (AvgIpc) is 3.14. The van der Waals surface area contributed by atoms with Gasteiger partial charge < -0.3 is 15.4 Å². The van der Waals surface area contributed by atoms with Gasteiger partial charge in [-0.3, -0.25) is 9.59 Å². The third-order valence-electron chi connectivity index (χ3n) is 5.54. The number of carboxylic acids is 1. The van der Waals surface area contributed by atoms with Gasteiger partial charge >= 0.3 is 5.97 Å². The smallest absolute Gasteiger partial charge is 0.335 e. The SMILES string of the molecule is CN[C@@H](Cc1ccc(C(=O)O)cc1)C(=O)C[C@@H](Cc1c[nH]c2ccccc12)C(C)=O. The van der Waals surface area contributed by atoms with Crippen molar-refractivity contribution in [2.75, 3.05) is 7.05 Å². The number of Topliss-reactive ketones (excluding diaryl/α,β-unsaturated/α-hetero) is 2. The molecule has 0 aliphatic rings. The maximum absolute atomic E-state index is 12.9. The minimum Gasteiger partial charge on any atom is -0.478 e. The van der Waals surface area contributed by atoms with E-state index in [0.717, 1.165) is 22.0 Å². The van der Waals surface area contributed by atoms with Crippen molar-refractivity contribution in [2.45, 2.75) is 32.2 Å². The maximum atomic E-state index is 12.9. The first-order valence-corrected chi connectivity index (χ1v) is 9.96. The van der Waals surface area contributed by atoms with Crippen LogP contribution >= 0.6 is 0 Å². The molecule has 1 aromatic heterocycles. The van der Waals surface area contributed by atoms with Crippen molar-refractivity contribution in [2.24, 2.45) is 5.92 Å². The van der Waals surface area contributed by atoms with Gasteiger partial charge in [0.2, 0.25) is 0 Å². The van der Waals surface area contributed by atoms with E-state index in [-0.39, 0.29) is 29.5 Å². The summed E-state index contributed by atoms with van der Waals surface area (Å²) in [7, 11) is 1.72. The minimum absolute atomic E-state index is 0.00528.